The van der Waals surface area contributed by atoms with Crippen molar-refractivity contribution in [3.8, 4) is 11.8 Å². The third-order valence-corrected chi connectivity index (χ3v) is 1.75. The summed E-state index contributed by atoms with van der Waals surface area (Å²) in [7, 11) is 0. The standard InChI is InChI=1S/C8H6ClFN2O/c9-4-1-5(7(12)3-11)8(13)6(10)2-4/h1-2,7,13H,12H2. The van der Waals surface area contributed by atoms with E-state index in [1.165, 1.54) is 6.07 Å². The zero-order chi connectivity index (χ0) is 10.0. The fourth-order valence-electron chi connectivity index (χ4n) is 0.893. The van der Waals surface area contributed by atoms with E-state index in [1.54, 1.807) is 6.07 Å². The second-order valence-corrected chi connectivity index (χ2v) is 2.87. The van der Waals surface area contributed by atoms with Gasteiger partial charge in [0.15, 0.2) is 11.6 Å². The summed E-state index contributed by atoms with van der Waals surface area (Å²) in [5.41, 5.74) is 5.28. The highest BCUT2D eigenvalue weighted by atomic mass is 35.5. The Kier molecular flexibility index (Phi) is 2.71. The number of hydrogen-bond acceptors (Lipinski definition) is 3. The first-order chi connectivity index (χ1) is 6.06. The molecule has 0 aliphatic rings. The molecular formula is C8H6ClFN2O. The highest BCUT2D eigenvalue weighted by Gasteiger charge is 2.14. The molecule has 1 aromatic carbocycles. The van der Waals surface area contributed by atoms with E-state index >= 15 is 0 Å². The number of rotatable bonds is 1. The van der Waals surface area contributed by atoms with E-state index in [0.29, 0.717) is 0 Å². The Labute approximate surface area is 79.2 Å². The molecule has 1 rings (SSSR count). The summed E-state index contributed by atoms with van der Waals surface area (Å²) < 4.78 is 12.8. The van der Waals surface area contributed by atoms with E-state index < -0.39 is 17.6 Å². The molecule has 68 valence electrons. The summed E-state index contributed by atoms with van der Waals surface area (Å²) in [6.07, 6.45) is 0. The van der Waals surface area contributed by atoms with Crippen molar-refractivity contribution >= 4 is 11.6 Å². The van der Waals surface area contributed by atoms with Crippen LogP contribution in [0.15, 0.2) is 12.1 Å². The lowest BCUT2D eigenvalue weighted by molar-refractivity contribution is 0.424. The maximum absolute atomic E-state index is 12.8. The summed E-state index contributed by atoms with van der Waals surface area (Å²) in [4.78, 5) is 0. The Morgan fingerprint density at radius 3 is 2.77 bits per heavy atom. The van der Waals surface area contributed by atoms with Crippen molar-refractivity contribution in [1.29, 1.82) is 5.26 Å². The number of hydrogen-bond donors (Lipinski definition) is 2. The molecule has 1 aromatic rings. The van der Waals surface area contributed by atoms with Gasteiger partial charge < -0.3 is 10.8 Å². The molecule has 0 spiro atoms. The summed E-state index contributed by atoms with van der Waals surface area (Å²) in [5.74, 6) is -1.51. The lowest BCUT2D eigenvalue weighted by atomic mass is 10.1. The van der Waals surface area contributed by atoms with E-state index in [0.717, 1.165) is 6.07 Å². The molecule has 0 aliphatic heterocycles. The van der Waals surface area contributed by atoms with Gasteiger partial charge in [0.05, 0.1) is 6.07 Å². The van der Waals surface area contributed by atoms with Crippen LogP contribution in [-0.2, 0) is 0 Å². The van der Waals surface area contributed by atoms with Gasteiger partial charge in [0.2, 0.25) is 0 Å². The number of aromatic hydroxyl groups is 1. The maximum Gasteiger partial charge on any atom is 0.166 e. The minimum absolute atomic E-state index is 0.00694. The molecule has 13 heavy (non-hydrogen) atoms. The molecule has 5 heteroatoms. The number of nitrogens with zero attached hydrogens (tertiary/aromatic N) is 1. The van der Waals surface area contributed by atoms with Crippen molar-refractivity contribution in [3.63, 3.8) is 0 Å². The molecular weight excluding hydrogens is 195 g/mol. The lowest BCUT2D eigenvalue weighted by Gasteiger charge is -2.07. The van der Waals surface area contributed by atoms with Gasteiger partial charge in [-0.25, -0.2) is 4.39 Å². The van der Waals surface area contributed by atoms with Crippen LogP contribution in [0, 0.1) is 17.1 Å². The predicted molar refractivity (Wildman–Crippen MR) is 45.6 cm³/mol. The van der Waals surface area contributed by atoms with E-state index in [1.807, 2.05) is 0 Å². The van der Waals surface area contributed by atoms with E-state index in [-0.39, 0.29) is 10.6 Å². The monoisotopic (exact) mass is 200 g/mol. The first kappa shape index (κ1) is 9.78. The predicted octanol–water partition coefficient (Wildman–Crippen LogP) is 1.71. The van der Waals surface area contributed by atoms with Gasteiger partial charge in [0.25, 0.3) is 0 Å². The maximum atomic E-state index is 12.8. The van der Waals surface area contributed by atoms with Crippen LogP contribution in [-0.4, -0.2) is 5.11 Å². The van der Waals surface area contributed by atoms with Crippen LogP contribution >= 0.6 is 11.6 Å². The highest BCUT2D eigenvalue weighted by molar-refractivity contribution is 6.30. The number of nitrogens with two attached hydrogens (primary N) is 1. The normalized spacial score (nSPS) is 12.2. The van der Waals surface area contributed by atoms with Gasteiger partial charge in [-0.1, -0.05) is 11.6 Å². The minimum Gasteiger partial charge on any atom is -0.505 e. The van der Waals surface area contributed by atoms with Crippen LogP contribution < -0.4 is 5.73 Å². The summed E-state index contributed by atoms with van der Waals surface area (Å²) in [6, 6.07) is 2.80. The minimum atomic E-state index is -1.08. The second-order valence-electron chi connectivity index (χ2n) is 2.43. The molecule has 3 nitrogen and oxygen atoms in total. The number of phenolic OH excluding ortho intramolecular Hbond substituents is 1. The molecule has 0 fully saturated rings. The van der Waals surface area contributed by atoms with Gasteiger partial charge in [-0.2, -0.15) is 5.26 Å². The topological polar surface area (TPSA) is 70.0 Å². The number of halogens is 2. The molecule has 0 saturated carbocycles. The molecule has 0 bridgehead atoms. The van der Waals surface area contributed by atoms with Crippen molar-refractivity contribution in [2.45, 2.75) is 6.04 Å². The molecule has 1 unspecified atom stereocenters. The molecule has 3 N–H and O–H groups in total. The Bertz CT molecular complexity index is 375. The smallest absolute Gasteiger partial charge is 0.166 e. The van der Waals surface area contributed by atoms with Gasteiger partial charge in [0.1, 0.15) is 6.04 Å². The van der Waals surface area contributed by atoms with Gasteiger partial charge in [0, 0.05) is 10.6 Å². The Balaban J connectivity index is 3.30. The van der Waals surface area contributed by atoms with Crippen LogP contribution in [0.25, 0.3) is 0 Å². The Morgan fingerprint density at radius 1 is 1.62 bits per heavy atom. The van der Waals surface area contributed by atoms with Gasteiger partial charge in [-0.3, -0.25) is 0 Å². The van der Waals surface area contributed by atoms with E-state index in [9.17, 15) is 4.39 Å². The molecule has 0 aromatic heterocycles. The molecule has 0 aliphatic carbocycles. The Morgan fingerprint density at radius 2 is 2.23 bits per heavy atom. The summed E-state index contributed by atoms with van der Waals surface area (Å²) >= 11 is 5.51. The quantitative estimate of drug-likeness (QED) is 0.725. The van der Waals surface area contributed by atoms with Gasteiger partial charge in [-0.05, 0) is 12.1 Å². The van der Waals surface area contributed by atoms with Crippen molar-refractivity contribution in [3.05, 3.63) is 28.5 Å². The van der Waals surface area contributed by atoms with Gasteiger partial charge >= 0.3 is 0 Å². The molecule has 1 atom stereocenters. The van der Waals surface area contributed by atoms with E-state index in [2.05, 4.69) is 0 Å². The summed E-state index contributed by atoms with van der Waals surface area (Å²) in [6.45, 7) is 0. The zero-order valence-corrected chi connectivity index (χ0v) is 7.22. The van der Waals surface area contributed by atoms with Crippen LogP contribution in [0.2, 0.25) is 5.02 Å². The summed E-state index contributed by atoms with van der Waals surface area (Å²) in [5, 5.41) is 17.7. The average molecular weight is 201 g/mol. The van der Waals surface area contributed by atoms with E-state index in [4.69, 9.17) is 27.7 Å². The molecule has 0 radical (unpaired) electrons. The Hall–Kier alpha value is -1.31. The van der Waals surface area contributed by atoms with Crippen LogP contribution in [0.1, 0.15) is 11.6 Å². The van der Waals surface area contributed by atoms with Crippen molar-refractivity contribution in [1.82, 2.24) is 0 Å². The molecule has 0 heterocycles. The SMILES string of the molecule is N#CC(N)c1cc(Cl)cc(F)c1O. The number of benzene rings is 1. The highest BCUT2D eigenvalue weighted by Crippen LogP contribution is 2.29. The molecule has 0 saturated heterocycles. The van der Waals surface area contributed by atoms with Crippen molar-refractivity contribution < 1.29 is 9.50 Å². The number of phenols is 1. The average Bonchev–Trinajstić information content (AvgIpc) is 2.10. The van der Waals surface area contributed by atoms with Gasteiger partial charge in [-0.15, -0.1) is 0 Å². The fraction of sp³-hybridized carbons (Fsp3) is 0.125. The first-order valence-corrected chi connectivity index (χ1v) is 3.77. The number of nitriles is 1. The third-order valence-electron chi connectivity index (χ3n) is 1.53. The van der Waals surface area contributed by atoms with Crippen LogP contribution in [0.5, 0.6) is 5.75 Å². The fourth-order valence-corrected chi connectivity index (χ4v) is 1.11. The largest absolute Gasteiger partial charge is 0.505 e. The second kappa shape index (κ2) is 3.60. The van der Waals surface area contributed by atoms with Crippen molar-refractivity contribution in [2.75, 3.05) is 0 Å². The first-order valence-electron chi connectivity index (χ1n) is 3.39. The van der Waals surface area contributed by atoms with Crippen LogP contribution in [0.4, 0.5) is 4.39 Å². The van der Waals surface area contributed by atoms with Crippen LogP contribution in [0.3, 0.4) is 0 Å². The molecule has 0 amide bonds. The third kappa shape index (κ3) is 1.89. The zero-order valence-electron chi connectivity index (χ0n) is 6.46. The van der Waals surface area contributed by atoms with Crippen molar-refractivity contribution in [2.24, 2.45) is 5.73 Å². The lowest BCUT2D eigenvalue weighted by Crippen LogP contribution is -2.08.